The standard InChI is InChI=1S/C14H25F3O2/c1-4-13(2,3)10-5-6-11(18)12(9-10)19-8-7-14(15,16)17/h10-12,18H,4-9H2,1-3H3. The van der Waals surface area contributed by atoms with E-state index in [0.29, 0.717) is 18.8 Å². The van der Waals surface area contributed by atoms with Gasteiger partial charge in [-0.15, -0.1) is 0 Å². The maximum Gasteiger partial charge on any atom is 0.391 e. The molecule has 19 heavy (non-hydrogen) atoms. The van der Waals surface area contributed by atoms with Crippen molar-refractivity contribution in [1.82, 2.24) is 0 Å². The highest BCUT2D eigenvalue weighted by Gasteiger charge is 2.37. The molecule has 0 aliphatic heterocycles. The van der Waals surface area contributed by atoms with Crippen LogP contribution >= 0.6 is 0 Å². The summed E-state index contributed by atoms with van der Waals surface area (Å²) in [6.45, 7) is 6.10. The molecule has 1 fully saturated rings. The highest BCUT2D eigenvalue weighted by Crippen LogP contribution is 2.41. The van der Waals surface area contributed by atoms with Crippen molar-refractivity contribution in [3.63, 3.8) is 0 Å². The third-order valence-electron chi connectivity index (χ3n) is 4.49. The van der Waals surface area contributed by atoms with Crippen molar-refractivity contribution in [2.75, 3.05) is 6.61 Å². The van der Waals surface area contributed by atoms with Crippen LogP contribution in [0.5, 0.6) is 0 Å². The second-order valence-electron chi connectivity index (χ2n) is 6.19. The van der Waals surface area contributed by atoms with E-state index in [1.807, 2.05) is 0 Å². The summed E-state index contributed by atoms with van der Waals surface area (Å²) in [5, 5.41) is 9.85. The lowest BCUT2D eigenvalue weighted by molar-refractivity contribution is -0.159. The Labute approximate surface area is 113 Å². The minimum Gasteiger partial charge on any atom is -0.390 e. The van der Waals surface area contributed by atoms with Crippen LogP contribution in [0.1, 0.15) is 52.9 Å². The van der Waals surface area contributed by atoms with Crippen LogP contribution < -0.4 is 0 Å². The summed E-state index contributed by atoms with van der Waals surface area (Å²) >= 11 is 0. The number of halogens is 3. The van der Waals surface area contributed by atoms with Gasteiger partial charge in [-0.1, -0.05) is 27.2 Å². The molecule has 1 saturated carbocycles. The topological polar surface area (TPSA) is 29.5 Å². The summed E-state index contributed by atoms with van der Waals surface area (Å²) in [7, 11) is 0. The van der Waals surface area contributed by atoms with Crippen LogP contribution in [0, 0.1) is 11.3 Å². The van der Waals surface area contributed by atoms with Crippen LogP contribution in [0.3, 0.4) is 0 Å². The Hall–Kier alpha value is -0.290. The molecule has 0 aromatic rings. The van der Waals surface area contributed by atoms with Crippen molar-refractivity contribution in [2.24, 2.45) is 11.3 Å². The van der Waals surface area contributed by atoms with Gasteiger partial charge in [0, 0.05) is 0 Å². The monoisotopic (exact) mass is 282 g/mol. The zero-order chi connectivity index (χ0) is 14.7. The number of ether oxygens (including phenoxy) is 1. The number of alkyl halides is 3. The van der Waals surface area contributed by atoms with E-state index in [1.165, 1.54) is 0 Å². The fourth-order valence-corrected chi connectivity index (χ4v) is 2.62. The van der Waals surface area contributed by atoms with Gasteiger partial charge in [-0.3, -0.25) is 0 Å². The lowest BCUT2D eigenvalue weighted by atomic mass is 9.68. The Morgan fingerprint density at radius 3 is 2.37 bits per heavy atom. The van der Waals surface area contributed by atoms with E-state index in [-0.39, 0.29) is 12.0 Å². The van der Waals surface area contributed by atoms with Gasteiger partial charge in [-0.05, 0) is 30.6 Å². The molecule has 1 N–H and O–H groups in total. The van der Waals surface area contributed by atoms with E-state index in [0.717, 1.165) is 12.8 Å². The van der Waals surface area contributed by atoms with E-state index < -0.39 is 24.8 Å². The minimum absolute atomic E-state index is 0.145. The average molecular weight is 282 g/mol. The van der Waals surface area contributed by atoms with E-state index in [9.17, 15) is 18.3 Å². The first-order chi connectivity index (χ1) is 8.65. The highest BCUT2D eigenvalue weighted by molar-refractivity contribution is 4.87. The van der Waals surface area contributed by atoms with Crippen LogP contribution in [0.4, 0.5) is 13.2 Å². The Balaban J connectivity index is 2.48. The molecular weight excluding hydrogens is 257 g/mol. The summed E-state index contributed by atoms with van der Waals surface area (Å²) in [5.41, 5.74) is 0.145. The largest absolute Gasteiger partial charge is 0.391 e. The zero-order valence-corrected chi connectivity index (χ0v) is 12.0. The molecule has 0 bridgehead atoms. The molecule has 0 aromatic heterocycles. The Morgan fingerprint density at radius 1 is 1.21 bits per heavy atom. The maximum atomic E-state index is 12.1. The van der Waals surface area contributed by atoms with Crippen LogP contribution in [0.25, 0.3) is 0 Å². The molecule has 0 aromatic carbocycles. The number of aliphatic hydroxyl groups excluding tert-OH is 1. The molecule has 1 rings (SSSR count). The maximum absolute atomic E-state index is 12.1. The fourth-order valence-electron chi connectivity index (χ4n) is 2.62. The van der Waals surface area contributed by atoms with Gasteiger partial charge in [0.2, 0.25) is 0 Å². The van der Waals surface area contributed by atoms with Crippen molar-refractivity contribution in [3.05, 3.63) is 0 Å². The van der Waals surface area contributed by atoms with Gasteiger partial charge in [0.25, 0.3) is 0 Å². The zero-order valence-electron chi connectivity index (χ0n) is 12.0. The third-order valence-corrected chi connectivity index (χ3v) is 4.49. The Morgan fingerprint density at radius 2 is 1.84 bits per heavy atom. The molecule has 0 heterocycles. The summed E-state index contributed by atoms with van der Waals surface area (Å²) < 4.78 is 41.5. The normalized spacial score (nSPS) is 29.5. The second-order valence-corrected chi connectivity index (χ2v) is 6.19. The molecular formula is C14H25F3O2. The average Bonchev–Trinajstić information content (AvgIpc) is 2.29. The van der Waals surface area contributed by atoms with Crippen molar-refractivity contribution in [1.29, 1.82) is 0 Å². The molecule has 0 spiro atoms. The molecule has 1 aliphatic carbocycles. The second kappa shape index (κ2) is 6.44. The molecule has 2 nitrogen and oxygen atoms in total. The minimum atomic E-state index is -4.19. The summed E-state index contributed by atoms with van der Waals surface area (Å²) in [6, 6.07) is 0. The Kier molecular flexibility index (Phi) is 5.68. The first-order valence-corrected chi connectivity index (χ1v) is 7.02. The smallest absolute Gasteiger partial charge is 0.390 e. The van der Waals surface area contributed by atoms with Gasteiger partial charge in [0.05, 0.1) is 25.2 Å². The number of aliphatic hydroxyl groups is 1. The predicted octanol–water partition coefficient (Wildman–Crippen LogP) is 3.92. The van der Waals surface area contributed by atoms with Crippen molar-refractivity contribution < 1.29 is 23.0 Å². The van der Waals surface area contributed by atoms with Crippen molar-refractivity contribution in [2.45, 2.75) is 71.3 Å². The van der Waals surface area contributed by atoms with E-state index in [2.05, 4.69) is 20.8 Å². The van der Waals surface area contributed by atoms with Crippen LogP contribution in [-0.4, -0.2) is 30.1 Å². The van der Waals surface area contributed by atoms with Crippen molar-refractivity contribution >= 4 is 0 Å². The summed E-state index contributed by atoms with van der Waals surface area (Å²) in [5.74, 6) is 0.400. The van der Waals surface area contributed by atoms with Crippen molar-refractivity contribution in [3.8, 4) is 0 Å². The predicted molar refractivity (Wildman–Crippen MR) is 67.8 cm³/mol. The quantitative estimate of drug-likeness (QED) is 0.828. The molecule has 0 amide bonds. The van der Waals surface area contributed by atoms with Gasteiger partial charge in [-0.25, -0.2) is 0 Å². The summed E-state index contributed by atoms with van der Waals surface area (Å²) in [4.78, 5) is 0. The highest BCUT2D eigenvalue weighted by atomic mass is 19.4. The Bertz CT molecular complexity index is 276. The molecule has 3 atom stereocenters. The third kappa shape index (κ3) is 5.30. The lowest BCUT2D eigenvalue weighted by Crippen LogP contribution is -2.40. The molecule has 0 radical (unpaired) electrons. The van der Waals surface area contributed by atoms with E-state index in [1.54, 1.807) is 0 Å². The van der Waals surface area contributed by atoms with Crippen LogP contribution in [-0.2, 0) is 4.74 Å². The molecule has 114 valence electrons. The van der Waals surface area contributed by atoms with E-state index in [4.69, 9.17) is 4.74 Å². The van der Waals surface area contributed by atoms with E-state index >= 15 is 0 Å². The number of rotatable bonds is 5. The summed E-state index contributed by atoms with van der Waals surface area (Å²) in [6.07, 6.45) is -3.02. The molecule has 0 saturated heterocycles. The van der Waals surface area contributed by atoms with Crippen LogP contribution in [0.2, 0.25) is 0 Å². The number of hydrogen-bond donors (Lipinski definition) is 1. The first kappa shape index (κ1) is 16.8. The SMILES string of the molecule is CCC(C)(C)C1CCC(O)C(OCCC(F)(F)F)C1. The lowest BCUT2D eigenvalue weighted by Gasteiger charge is -2.41. The van der Waals surface area contributed by atoms with Gasteiger partial charge >= 0.3 is 6.18 Å². The van der Waals surface area contributed by atoms with Gasteiger partial charge < -0.3 is 9.84 Å². The first-order valence-electron chi connectivity index (χ1n) is 7.02. The fraction of sp³-hybridized carbons (Fsp3) is 1.00. The molecule has 1 aliphatic rings. The molecule has 5 heteroatoms. The van der Waals surface area contributed by atoms with Crippen LogP contribution in [0.15, 0.2) is 0 Å². The molecule has 3 unspecified atom stereocenters. The number of hydrogen-bond acceptors (Lipinski definition) is 2. The van der Waals surface area contributed by atoms with Gasteiger partial charge in [-0.2, -0.15) is 13.2 Å². The van der Waals surface area contributed by atoms with Gasteiger partial charge in [0.15, 0.2) is 0 Å². The van der Waals surface area contributed by atoms with Gasteiger partial charge in [0.1, 0.15) is 0 Å².